The van der Waals surface area contributed by atoms with Crippen LogP contribution in [0.1, 0.15) is 12.8 Å². The largest absolute Gasteiger partial charge is 0.340 e. The van der Waals surface area contributed by atoms with Crippen LogP contribution < -0.4 is 10.6 Å². The Kier molecular flexibility index (Phi) is 4.07. The summed E-state index contributed by atoms with van der Waals surface area (Å²) < 4.78 is 13.5. The van der Waals surface area contributed by atoms with Gasteiger partial charge in [-0.15, -0.1) is 5.10 Å². The lowest BCUT2D eigenvalue weighted by molar-refractivity contribution is 0.411. The first kappa shape index (κ1) is 14.3. The number of nitrogens with two attached hydrogens (primary N) is 1. The van der Waals surface area contributed by atoms with Crippen molar-refractivity contribution in [1.29, 1.82) is 0 Å². The van der Waals surface area contributed by atoms with Crippen molar-refractivity contribution in [2.45, 2.75) is 12.8 Å². The van der Waals surface area contributed by atoms with Gasteiger partial charge in [0, 0.05) is 18.7 Å². The highest BCUT2D eigenvalue weighted by atomic mass is 35.5. The van der Waals surface area contributed by atoms with Crippen LogP contribution in [0.25, 0.3) is 11.4 Å². The van der Waals surface area contributed by atoms with Crippen LogP contribution in [-0.2, 0) is 0 Å². The summed E-state index contributed by atoms with van der Waals surface area (Å²) in [4.78, 5) is 6.57. The summed E-state index contributed by atoms with van der Waals surface area (Å²) in [6.07, 6.45) is 2.10. The van der Waals surface area contributed by atoms with Gasteiger partial charge in [0.15, 0.2) is 5.82 Å². The molecule has 0 spiro atoms. The van der Waals surface area contributed by atoms with Gasteiger partial charge in [0.1, 0.15) is 5.82 Å². The third kappa shape index (κ3) is 3.01. The average molecular weight is 310 g/mol. The lowest BCUT2D eigenvalue weighted by Gasteiger charge is -2.30. The number of halogens is 2. The molecule has 0 aliphatic carbocycles. The Morgan fingerprint density at radius 3 is 2.81 bits per heavy atom. The molecule has 1 aliphatic heterocycles. The molecule has 1 aromatic carbocycles. The average Bonchev–Trinajstić information content (AvgIpc) is 3.00. The summed E-state index contributed by atoms with van der Waals surface area (Å²) in [5, 5.41) is 7.18. The fourth-order valence-corrected chi connectivity index (χ4v) is 2.65. The Morgan fingerprint density at radius 1 is 1.38 bits per heavy atom. The number of hydrogen-bond acceptors (Lipinski definition) is 4. The molecule has 21 heavy (non-hydrogen) atoms. The smallest absolute Gasteiger partial charge is 0.245 e. The fourth-order valence-electron chi connectivity index (χ4n) is 2.54. The Balaban J connectivity index is 1.76. The predicted molar refractivity (Wildman–Crippen MR) is 80.8 cm³/mol. The minimum Gasteiger partial charge on any atom is -0.340 e. The molecule has 1 saturated heterocycles. The first-order valence-corrected chi connectivity index (χ1v) is 7.38. The molecular formula is C14H17ClFN5. The molecule has 112 valence electrons. The monoisotopic (exact) mass is 309 g/mol. The maximum Gasteiger partial charge on any atom is 0.245 e. The highest BCUT2D eigenvalue weighted by Crippen LogP contribution is 2.24. The lowest BCUT2D eigenvalue weighted by atomic mass is 9.97. The number of H-pyrrole nitrogens is 1. The number of nitrogens with zero attached hydrogens (tertiary/aromatic N) is 3. The zero-order valence-corrected chi connectivity index (χ0v) is 12.3. The molecule has 7 heteroatoms. The van der Waals surface area contributed by atoms with E-state index in [1.807, 2.05) is 0 Å². The molecule has 0 bridgehead atoms. The van der Waals surface area contributed by atoms with Gasteiger partial charge in [-0.1, -0.05) is 11.6 Å². The van der Waals surface area contributed by atoms with E-state index in [4.69, 9.17) is 17.3 Å². The van der Waals surface area contributed by atoms with Gasteiger partial charge in [-0.25, -0.2) is 4.39 Å². The molecule has 1 aliphatic rings. The van der Waals surface area contributed by atoms with E-state index in [1.54, 1.807) is 6.07 Å². The van der Waals surface area contributed by atoms with Gasteiger partial charge >= 0.3 is 0 Å². The summed E-state index contributed by atoms with van der Waals surface area (Å²) in [6, 6.07) is 4.59. The summed E-state index contributed by atoms with van der Waals surface area (Å²) in [5.41, 5.74) is 6.32. The Labute approximate surface area is 127 Å². The SMILES string of the molecule is NCC1CCN(c2n[nH]c(-c3ccc(Cl)c(F)c3)n2)CC1. The number of anilines is 1. The van der Waals surface area contributed by atoms with Crippen LogP contribution in [0.15, 0.2) is 18.2 Å². The molecule has 0 atom stereocenters. The number of aromatic nitrogens is 3. The molecule has 1 aromatic heterocycles. The highest BCUT2D eigenvalue weighted by molar-refractivity contribution is 6.30. The summed E-state index contributed by atoms with van der Waals surface area (Å²) in [5.74, 6) is 1.32. The Morgan fingerprint density at radius 2 is 2.14 bits per heavy atom. The molecule has 3 rings (SSSR count). The van der Waals surface area contributed by atoms with Crippen molar-refractivity contribution < 1.29 is 4.39 Å². The normalized spacial score (nSPS) is 16.4. The van der Waals surface area contributed by atoms with Gasteiger partial charge < -0.3 is 10.6 Å². The maximum absolute atomic E-state index is 13.5. The fraction of sp³-hybridized carbons (Fsp3) is 0.429. The summed E-state index contributed by atoms with van der Waals surface area (Å²) in [6.45, 7) is 2.53. The zero-order valence-electron chi connectivity index (χ0n) is 11.5. The number of hydrogen-bond donors (Lipinski definition) is 2. The van der Waals surface area contributed by atoms with Crippen LogP contribution in [0.5, 0.6) is 0 Å². The standard InChI is InChI=1S/C14H17ClFN5/c15-11-2-1-10(7-12(11)16)13-18-14(20-19-13)21-5-3-9(8-17)4-6-21/h1-2,7,9H,3-6,8,17H2,(H,18,19,20). The maximum atomic E-state index is 13.5. The molecular weight excluding hydrogens is 293 g/mol. The topological polar surface area (TPSA) is 70.8 Å². The van der Waals surface area contributed by atoms with Crippen LogP contribution in [0.2, 0.25) is 5.02 Å². The van der Waals surface area contributed by atoms with E-state index >= 15 is 0 Å². The Hall–Kier alpha value is -1.66. The second kappa shape index (κ2) is 5.99. The van der Waals surface area contributed by atoms with Gasteiger partial charge in [-0.3, -0.25) is 5.10 Å². The molecule has 1 fully saturated rings. The van der Waals surface area contributed by atoms with Crippen LogP contribution in [0, 0.1) is 11.7 Å². The molecule has 2 aromatic rings. The molecule has 2 heterocycles. The van der Waals surface area contributed by atoms with Gasteiger partial charge in [0.2, 0.25) is 5.95 Å². The van der Waals surface area contributed by atoms with E-state index in [-0.39, 0.29) is 5.02 Å². The Bertz CT molecular complexity index is 622. The van der Waals surface area contributed by atoms with Crippen molar-refractivity contribution in [3.63, 3.8) is 0 Å². The van der Waals surface area contributed by atoms with E-state index in [0.29, 0.717) is 23.3 Å². The number of nitrogens with one attached hydrogen (secondary N) is 1. The zero-order chi connectivity index (χ0) is 14.8. The second-order valence-electron chi connectivity index (χ2n) is 5.28. The van der Waals surface area contributed by atoms with Crippen LogP contribution >= 0.6 is 11.6 Å². The second-order valence-corrected chi connectivity index (χ2v) is 5.69. The van der Waals surface area contributed by atoms with Crippen molar-refractivity contribution in [2.24, 2.45) is 11.7 Å². The van der Waals surface area contributed by atoms with E-state index in [9.17, 15) is 4.39 Å². The predicted octanol–water partition coefficient (Wildman–Crippen LogP) is 2.44. The minimum atomic E-state index is -0.462. The molecule has 0 radical (unpaired) electrons. The third-order valence-electron chi connectivity index (χ3n) is 3.90. The number of benzene rings is 1. The molecule has 5 nitrogen and oxygen atoms in total. The quantitative estimate of drug-likeness (QED) is 0.913. The summed E-state index contributed by atoms with van der Waals surface area (Å²) >= 11 is 5.68. The van der Waals surface area contributed by atoms with Gasteiger partial charge in [-0.05, 0) is 43.5 Å². The highest BCUT2D eigenvalue weighted by Gasteiger charge is 2.21. The van der Waals surface area contributed by atoms with Crippen molar-refractivity contribution in [2.75, 3.05) is 24.5 Å². The van der Waals surface area contributed by atoms with Crippen molar-refractivity contribution in [3.8, 4) is 11.4 Å². The lowest BCUT2D eigenvalue weighted by Crippen LogP contribution is -2.36. The third-order valence-corrected chi connectivity index (χ3v) is 4.20. The molecule has 0 saturated carbocycles. The molecule has 3 N–H and O–H groups in total. The summed E-state index contributed by atoms with van der Waals surface area (Å²) in [7, 11) is 0. The van der Waals surface area contributed by atoms with E-state index in [1.165, 1.54) is 12.1 Å². The van der Waals surface area contributed by atoms with E-state index in [2.05, 4.69) is 20.1 Å². The minimum absolute atomic E-state index is 0.0994. The van der Waals surface area contributed by atoms with Crippen LogP contribution in [0.4, 0.5) is 10.3 Å². The first-order valence-electron chi connectivity index (χ1n) is 7.00. The van der Waals surface area contributed by atoms with Gasteiger partial charge in [-0.2, -0.15) is 4.98 Å². The van der Waals surface area contributed by atoms with E-state index in [0.717, 1.165) is 32.5 Å². The van der Waals surface area contributed by atoms with Gasteiger partial charge in [0.05, 0.1) is 5.02 Å². The molecule has 0 unspecified atom stereocenters. The van der Waals surface area contributed by atoms with Crippen molar-refractivity contribution >= 4 is 17.5 Å². The van der Waals surface area contributed by atoms with Crippen molar-refractivity contribution in [1.82, 2.24) is 15.2 Å². The van der Waals surface area contributed by atoms with E-state index < -0.39 is 5.82 Å². The number of rotatable bonds is 3. The molecule has 0 amide bonds. The van der Waals surface area contributed by atoms with Crippen molar-refractivity contribution in [3.05, 3.63) is 29.0 Å². The van der Waals surface area contributed by atoms with Crippen LogP contribution in [-0.4, -0.2) is 34.8 Å². The number of piperidine rings is 1. The van der Waals surface area contributed by atoms with Crippen LogP contribution in [0.3, 0.4) is 0 Å². The van der Waals surface area contributed by atoms with Gasteiger partial charge in [0.25, 0.3) is 0 Å². The first-order chi connectivity index (χ1) is 10.2. The number of aromatic amines is 1.